The Balaban J connectivity index is 1.30. The molecule has 0 saturated heterocycles. The van der Waals surface area contributed by atoms with Gasteiger partial charge in [-0.3, -0.25) is 0 Å². The summed E-state index contributed by atoms with van der Waals surface area (Å²) < 4.78 is 13.2. The molecule has 116 valence electrons. The average molecular weight is 300 g/mol. The minimum Gasteiger partial charge on any atom is -0.486 e. The summed E-state index contributed by atoms with van der Waals surface area (Å²) in [5, 5.41) is 11.2. The molecule has 0 radical (unpaired) electrons. The third kappa shape index (κ3) is 2.74. The van der Waals surface area contributed by atoms with Crippen LogP contribution in [0.3, 0.4) is 0 Å². The van der Waals surface area contributed by atoms with Gasteiger partial charge in [0.25, 0.3) is 0 Å². The first-order chi connectivity index (χ1) is 10.9. The van der Waals surface area contributed by atoms with Gasteiger partial charge in [0.1, 0.15) is 19.0 Å². The van der Waals surface area contributed by atoms with Gasteiger partial charge >= 0.3 is 0 Å². The van der Waals surface area contributed by atoms with E-state index in [2.05, 4.69) is 27.9 Å². The molecule has 3 heterocycles. The minimum atomic E-state index is 0.546. The Hall–Kier alpha value is -2.21. The zero-order valence-corrected chi connectivity index (χ0v) is 12.4. The monoisotopic (exact) mass is 300 g/mol. The molecule has 2 aliphatic heterocycles. The number of anilines is 1. The van der Waals surface area contributed by atoms with Crippen LogP contribution < -0.4 is 20.1 Å². The van der Waals surface area contributed by atoms with Crippen molar-refractivity contribution in [2.75, 3.05) is 31.6 Å². The van der Waals surface area contributed by atoms with E-state index in [9.17, 15) is 0 Å². The van der Waals surface area contributed by atoms with Crippen LogP contribution in [0.5, 0.6) is 11.5 Å². The summed E-state index contributed by atoms with van der Waals surface area (Å²) >= 11 is 0. The summed E-state index contributed by atoms with van der Waals surface area (Å²) in [6.07, 6.45) is 1.84. The van der Waals surface area contributed by atoms with Gasteiger partial charge in [-0.25, -0.2) is 4.68 Å². The molecule has 2 aliphatic rings. The molecule has 2 N–H and O–H groups in total. The highest BCUT2D eigenvalue weighted by atomic mass is 16.6. The number of benzene rings is 1. The van der Waals surface area contributed by atoms with Gasteiger partial charge < -0.3 is 20.1 Å². The maximum Gasteiger partial charge on any atom is 0.161 e. The molecule has 2 aromatic rings. The Bertz CT molecular complexity index is 655. The summed E-state index contributed by atoms with van der Waals surface area (Å²) in [5.74, 6) is 3.36. The van der Waals surface area contributed by atoms with E-state index in [0.29, 0.717) is 19.1 Å². The van der Waals surface area contributed by atoms with Gasteiger partial charge in [0.05, 0.1) is 6.20 Å². The molecule has 1 aromatic carbocycles. The molecule has 0 saturated carbocycles. The number of hydrogen-bond acceptors (Lipinski definition) is 5. The zero-order valence-electron chi connectivity index (χ0n) is 12.4. The van der Waals surface area contributed by atoms with E-state index < -0.39 is 0 Å². The van der Waals surface area contributed by atoms with E-state index in [1.54, 1.807) is 0 Å². The molecule has 0 fully saturated rings. The molecule has 1 atom stereocenters. The van der Waals surface area contributed by atoms with Crippen LogP contribution in [-0.4, -0.2) is 36.1 Å². The van der Waals surface area contributed by atoms with Crippen molar-refractivity contribution in [3.63, 3.8) is 0 Å². The van der Waals surface area contributed by atoms with Gasteiger partial charge in [0.2, 0.25) is 0 Å². The number of nitrogens with zero attached hydrogens (tertiary/aromatic N) is 2. The van der Waals surface area contributed by atoms with Crippen LogP contribution in [0.4, 0.5) is 5.82 Å². The molecular formula is C16H20N4O2. The quantitative estimate of drug-likeness (QED) is 0.896. The summed E-state index contributed by atoms with van der Waals surface area (Å²) in [5.41, 5.74) is 1.22. The molecule has 0 amide bonds. The van der Waals surface area contributed by atoms with Crippen molar-refractivity contribution < 1.29 is 9.47 Å². The smallest absolute Gasteiger partial charge is 0.161 e. The molecule has 6 heteroatoms. The standard InChI is InChI=1S/C16H20N4O2/c1-2-14-15(22-6-5-21-14)7-12(1)8-17-9-13-10-18-16-3-4-19-20(16)11-13/h1-4,7,13,17-18H,5-6,8-11H2/t13-/m1/s1. The van der Waals surface area contributed by atoms with Gasteiger partial charge in [0.15, 0.2) is 11.5 Å². The van der Waals surface area contributed by atoms with Crippen LogP contribution in [0.2, 0.25) is 0 Å². The molecule has 0 spiro atoms. The number of aromatic nitrogens is 2. The van der Waals surface area contributed by atoms with E-state index in [4.69, 9.17) is 9.47 Å². The lowest BCUT2D eigenvalue weighted by molar-refractivity contribution is 0.171. The molecule has 22 heavy (non-hydrogen) atoms. The maximum atomic E-state index is 5.62. The van der Waals surface area contributed by atoms with Crippen molar-refractivity contribution in [2.45, 2.75) is 13.1 Å². The van der Waals surface area contributed by atoms with Crippen molar-refractivity contribution in [2.24, 2.45) is 5.92 Å². The van der Waals surface area contributed by atoms with Crippen molar-refractivity contribution in [1.82, 2.24) is 15.1 Å². The van der Waals surface area contributed by atoms with Crippen LogP contribution in [0.1, 0.15) is 5.56 Å². The molecule has 0 bridgehead atoms. The van der Waals surface area contributed by atoms with Gasteiger partial charge in [-0.15, -0.1) is 0 Å². The Kier molecular flexibility index (Phi) is 3.60. The molecule has 6 nitrogen and oxygen atoms in total. The molecular weight excluding hydrogens is 280 g/mol. The molecule has 0 unspecified atom stereocenters. The molecule has 1 aromatic heterocycles. The summed E-state index contributed by atoms with van der Waals surface area (Å²) in [6, 6.07) is 8.15. The van der Waals surface area contributed by atoms with Crippen LogP contribution in [0.25, 0.3) is 0 Å². The van der Waals surface area contributed by atoms with Crippen LogP contribution >= 0.6 is 0 Å². The largest absolute Gasteiger partial charge is 0.486 e. The number of ether oxygens (including phenoxy) is 2. The lowest BCUT2D eigenvalue weighted by Gasteiger charge is -2.25. The second-order valence-corrected chi connectivity index (χ2v) is 5.75. The highest BCUT2D eigenvalue weighted by molar-refractivity contribution is 5.43. The Morgan fingerprint density at radius 2 is 2.14 bits per heavy atom. The van der Waals surface area contributed by atoms with Gasteiger partial charge in [-0.1, -0.05) is 6.07 Å². The van der Waals surface area contributed by atoms with Crippen molar-refractivity contribution in [1.29, 1.82) is 0 Å². The third-order valence-corrected chi connectivity index (χ3v) is 4.09. The third-order valence-electron chi connectivity index (χ3n) is 4.09. The fourth-order valence-corrected chi connectivity index (χ4v) is 2.94. The number of nitrogens with one attached hydrogen (secondary N) is 2. The zero-order chi connectivity index (χ0) is 14.8. The average Bonchev–Trinajstić information content (AvgIpc) is 3.02. The van der Waals surface area contributed by atoms with E-state index in [-0.39, 0.29) is 0 Å². The first-order valence-electron chi connectivity index (χ1n) is 7.73. The summed E-state index contributed by atoms with van der Waals surface area (Å²) in [7, 11) is 0. The Morgan fingerprint density at radius 3 is 3.09 bits per heavy atom. The predicted molar refractivity (Wildman–Crippen MR) is 83.3 cm³/mol. The van der Waals surface area contributed by atoms with E-state index in [1.165, 1.54) is 5.56 Å². The first-order valence-corrected chi connectivity index (χ1v) is 7.73. The number of rotatable bonds is 4. The highest BCUT2D eigenvalue weighted by Crippen LogP contribution is 2.30. The second kappa shape index (κ2) is 5.88. The summed E-state index contributed by atoms with van der Waals surface area (Å²) in [4.78, 5) is 0. The second-order valence-electron chi connectivity index (χ2n) is 5.75. The first kappa shape index (κ1) is 13.5. The topological polar surface area (TPSA) is 60.3 Å². The van der Waals surface area contributed by atoms with E-state index in [1.807, 2.05) is 23.0 Å². The fourth-order valence-electron chi connectivity index (χ4n) is 2.94. The lowest BCUT2D eigenvalue weighted by Crippen LogP contribution is -2.35. The minimum absolute atomic E-state index is 0.546. The fraction of sp³-hybridized carbons (Fsp3) is 0.438. The summed E-state index contributed by atoms with van der Waals surface area (Å²) in [6.45, 7) is 5.00. The predicted octanol–water partition coefficient (Wildman–Crippen LogP) is 1.49. The van der Waals surface area contributed by atoms with E-state index in [0.717, 1.165) is 43.5 Å². The number of hydrogen-bond donors (Lipinski definition) is 2. The Labute approximate surface area is 129 Å². The molecule has 0 aliphatic carbocycles. The van der Waals surface area contributed by atoms with Gasteiger partial charge in [0, 0.05) is 38.2 Å². The highest BCUT2D eigenvalue weighted by Gasteiger charge is 2.18. The van der Waals surface area contributed by atoms with Crippen LogP contribution in [0.15, 0.2) is 30.5 Å². The van der Waals surface area contributed by atoms with Gasteiger partial charge in [-0.05, 0) is 17.7 Å². The normalized spacial score (nSPS) is 19.4. The van der Waals surface area contributed by atoms with Crippen LogP contribution in [-0.2, 0) is 13.1 Å². The molecule has 4 rings (SSSR count). The van der Waals surface area contributed by atoms with Crippen LogP contribution in [0, 0.1) is 5.92 Å². The van der Waals surface area contributed by atoms with Gasteiger partial charge in [-0.2, -0.15) is 5.10 Å². The van der Waals surface area contributed by atoms with Crippen molar-refractivity contribution in [3.8, 4) is 11.5 Å². The SMILES string of the molecule is c1cc2n(n1)C[C@H](CNCc1ccc3c(c1)OCCO3)CN2. The maximum absolute atomic E-state index is 5.62. The van der Waals surface area contributed by atoms with Crippen molar-refractivity contribution >= 4 is 5.82 Å². The van der Waals surface area contributed by atoms with Crippen molar-refractivity contribution in [3.05, 3.63) is 36.0 Å². The Morgan fingerprint density at radius 1 is 1.23 bits per heavy atom. The number of fused-ring (bicyclic) bond motifs is 2. The van der Waals surface area contributed by atoms with E-state index >= 15 is 0 Å². The lowest BCUT2D eigenvalue weighted by atomic mass is 10.1.